The number of benzene rings is 4. The first-order valence-electron chi connectivity index (χ1n) is 15.2. The molecule has 1 fully saturated rings. The van der Waals surface area contributed by atoms with Crippen LogP contribution in [-0.2, 0) is 31.9 Å². The van der Waals surface area contributed by atoms with E-state index >= 15 is 0 Å². The third-order valence-corrected chi connectivity index (χ3v) is 13.3. The van der Waals surface area contributed by atoms with E-state index in [-0.39, 0.29) is 31.5 Å². The smallest absolute Gasteiger partial charge is 0.261 e. The average Bonchev–Trinajstić information content (AvgIpc) is 3.06. The van der Waals surface area contributed by atoms with Crippen LogP contribution in [0.15, 0.2) is 126 Å². The van der Waals surface area contributed by atoms with Crippen molar-refractivity contribution in [3.63, 3.8) is 0 Å². The normalized spacial score (nSPS) is 22.0. The SMILES string of the molecule is CC(C)(C)[Si](OC[C@@]1(O)OC[C@H](N=[N+]=[N-])[C@@H](OCc2ccccc2)[C@@H]1OCc1ccccc1)(c1ccccc1)c1ccccc1. The average molecular weight is 624 g/mol. The standard InChI is InChI=1S/C36H41N3O5Si/c1-35(2,3)45(30-20-12-6-13-21-30,31-22-14-7-15-23-31)44-27-36(40)34(42-25-29-18-10-5-11-19-29)33(32(26-43-36)38-39-37)41-24-28-16-8-4-9-17-28/h4-23,32-34,40H,24-27H2,1-3H3/t32-,33+,34-,36+/m0/s1. The number of aliphatic hydroxyl groups is 1. The lowest BCUT2D eigenvalue weighted by molar-refractivity contribution is -0.330. The summed E-state index contributed by atoms with van der Waals surface area (Å²) in [7, 11) is -3.04. The second-order valence-electron chi connectivity index (χ2n) is 12.4. The number of hydrogen-bond donors (Lipinski definition) is 1. The zero-order chi connectivity index (χ0) is 31.8. The van der Waals surface area contributed by atoms with Gasteiger partial charge in [0.1, 0.15) is 12.2 Å². The van der Waals surface area contributed by atoms with Crippen LogP contribution in [0.25, 0.3) is 10.4 Å². The van der Waals surface area contributed by atoms with Crippen LogP contribution in [-0.4, -0.2) is 50.7 Å². The third-order valence-electron chi connectivity index (χ3n) is 8.30. The highest BCUT2D eigenvalue weighted by atomic mass is 28.4. The van der Waals surface area contributed by atoms with Gasteiger partial charge in [0.2, 0.25) is 5.79 Å². The third kappa shape index (κ3) is 7.38. The van der Waals surface area contributed by atoms with Gasteiger partial charge in [0.25, 0.3) is 8.32 Å². The molecule has 4 aromatic rings. The molecule has 0 aromatic heterocycles. The molecule has 0 bridgehead atoms. The predicted molar refractivity (Wildman–Crippen MR) is 177 cm³/mol. The summed E-state index contributed by atoms with van der Waals surface area (Å²) in [4.78, 5) is 3.07. The van der Waals surface area contributed by atoms with Crippen molar-refractivity contribution in [2.24, 2.45) is 5.11 Å². The fourth-order valence-corrected chi connectivity index (χ4v) is 10.7. The fraction of sp³-hybridized carbons (Fsp3) is 0.333. The molecule has 0 unspecified atom stereocenters. The summed E-state index contributed by atoms with van der Waals surface area (Å²) < 4.78 is 26.2. The van der Waals surface area contributed by atoms with Gasteiger partial charge in [0.05, 0.1) is 32.5 Å². The summed E-state index contributed by atoms with van der Waals surface area (Å²) in [6, 6.07) is 39.2. The Kier molecular flexibility index (Phi) is 10.5. The minimum absolute atomic E-state index is 0.0602. The quantitative estimate of drug-likeness (QED) is 0.0885. The molecule has 0 aliphatic carbocycles. The molecule has 45 heavy (non-hydrogen) atoms. The van der Waals surface area contributed by atoms with E-state index in [1.807, 2.05) is 97.1 Å². The molecule has 1 aliphatic rings. The molecule has 4 aromatic carbocycles. The molecule has 1 heterocycles. The number of rotatable bonds is 12. The summed E-state index contributed by atoms with van der Waals surface area (Å²) in [6.07, 6.45) is -1.85. The highest BCUT2D eigenvalue weighted by Crippen LogP contribution is 2.39. The van der Waals surface area contributed by atoms with Crippen LogP contribution in [0.5, 0.6) is 0 Å². The van der Waals surface area contributed by atoms with Gasteiger partial charge in [-0.1, -0.05) is 147 Å². The molecule has 5 rings (SSSR count). The zero-order valence-electron chi connectivity index (χ0n) is 26.0. The summed E-state index contributed by atoms with van der Waals surface area (Å²) in [5.41, 5.74) is 11.3. The van der Waals surface area contributed by atoms with Gasteiger partial charge in [-0.15, -0.1) is 0 Å². The highest BCUT2D eigenvalue weighted by Gasteiger charge is 2.56. The lowest BCUT2D eigenvalue weighted by Crippen LogP contribution is -2.70. The molecule has 1 N–H and O–H groups in total. The Balaban J connectivity index is 1.53. The monoisotopic (exact) mass is 623 g/mol. The first-order chi connectivity index (χ1) is 21.8. The number of azide groups is 1. The first kappa shape index (κ1) is 32.6. The molecule has 0 amide bonds. The van der Waals surface area contributed by atoms with Gasteiger partial charge in [-0.2, -0.15) is 0 Å². The molecule has 8 nitrogen and oxygen atoms in total. The van der Waals surface area contributed by atoms with Gasteiger partial charge >= 0.3 is 0 Å². The minimum atomic E-state index is -3.04. The van der Waals surface area contributed by atoms with Crippen LogP contribution in [0.4, 0.5) is 0 Å². The molecular formula is C36H41N3O5Si. The van der Waals surface area contributed by atoms with Gasteiger partial charge in [-0.3, -0.25) is 0 Å². The largest absolute Gasteiger partial charge is 0.402 e. The molecule has 9 heteroatoms. The van der Waals surface area contributed by atoms with Gasteiger partial charge in [-0.25, -0.2) is 0 Å². The van der Waals surface area contributed by atoms with E-state index in [4.69, 9.17) is 18.6 Å². The Morgan fingerprint density at radius 3 is 1.73 bits per heavy atom. The number of nitrogens with zero attached hydrogens (tertiary/aromatic N) is 3. The summed E-state index contributed by atoms with van der Waals surface area (Å²) in [5.74, 6) is -1.91. The van der Waals surface area contributed by atoms with Crippen LogP contribution in [0.2, 0.25) is 5.04 Å². The van der Waals surface area contributed by atoms with E-state index in [0.29, 0.717) is 0 Å². The lowest BCUT2D eigenvalue weighted by Gasteiger charge is -2.49. The van der Waals surface area contributed by atoms with Crippen LogP contribution in [0.1, 0.15) is 31.9 Å². The molecule has 1 aliphatic heterocycles. The molecule has 234 valence electrons. The van der Waals surface area contributed by atoms with Crippen LogP contribution in [0.3, 0.4) is 0 Å². The van der Waals surface area contributed by atoms with Crippen molar-refractivity contribution in [1.29, 1.82) is 0 Å². The van der Waals surface area contributed by atoms with Crippen molar-refractivity contribution in [2.75, 3.05) is 13.2 Å². The predicted octanol–water partition coefficient (Wildman–Crippen LogP) is 6.13. The summed E-state index contributed by atoms with van der Waals surface area (Å²) >= 11 is 0. The molecule has 0 spiro atoms. The number of ether oxygens (including phenoxy) is 3. The maximum absolute atomic E-state index is 12.4. The van der Waals surface area contributed by atoms with E-state index in [1.54, 1.807) is 0 Å². The summed E-state index contributed by atoms with van der Waals surface area (Å²) in [5, 5.41) is 18.3. The van der Waals surface area contributed by atoms with E-state index < -0.39 is 32.4 Å². The first-order valence-corrected chi connectivity index (χ1v) is 17.1. The Hall–Kier alpha value is -3.79. The topological polar surface area (TPSA) is 106 Å². The zero-order valence-corrected chi connectivity index (χ0v) is 27.0. The van der Waals surface area contributed by atoms with E-state index in [2.05, 4.69) is 55.1 Å². The Labute approximate surface area is 266 Å². The van der Waals surface area contributed by atoms with Crippen LogP contribution in [0, 0.1) is 0 Å². The van der Waals surface area contributed by atoms with Gasteiger partial charge in [-0.05, 0) is 32.1 Å². The van der Waals surface area contributed by atoms with Gasteiger partial charge < -0.3 is 23.7 Å². The second-order valence-corrected chi connectivity index (χ2v) is 16.7. The summed E-state index contributed by atoms with van der Waals surface area (Å²) in [6.45, 7) is 6.71. The maximum atomic E-state index is 12.4. The Morgan fingerprint density at radius 1 is 0.800 bits per heavy atom. The minimum Gasteiger partial charge on any atom is -0.402 e. The van der Waals surface area contributed by atoms with Gasteiger partial charge in [0.15, 0.2) is 0 Å². The Bertz CT molecular complexity index is 1490. The highest BCUT2D eigenvalue weighted by molar-refractivity contribution is 6.99. The van der Waals surface area contributed by atoms with E-state index in [0.717, 1.165) is 21.5 Å². The van der Waals surface area contributed by atoms with Crippen molar-refractivity contribution < 1.29 is 23.7 Å². The van der Waals surface area contributed by atoms with Crippen LogP contribution >= 0.6 is 0 Å². The van der Waals surface area contributed by atoms with Crippen molar-refractivity contribution in [2.45, 2.75) is 63.1 Å². The van der Waals surface area contributed by atoms with E-state index in [1.165, 1.54) is 0 Å². The van der Waals surface area contributed by atoms with Crippen molar-refractivity contribution in [3.05, 3.63) is 143 Å². The van der Waals surface area contributed by atoms with Crippen molar-refractivity contribution in [1.82, 2.24) is 0 Å². The van der Waals surface area contributed by atoms with E-state index in [9.17, 15) is 10.6 Å². The van der Waals surface area contributed by atoms with Gasteiger partial charge in [0, 0.05) is 4.91 Å². The van der Waals surface area contributed by atoms with Crippen molar-refractivity contribution in [3.8, 4) is 0 Å². The molecule has 1 saturated heterocycles. The molecular weight excluding hydrogens is 582 g/mol. The number of hydrogen-bond acceptors (Lipinski definition) is 6. The second kappa shape index (κ2) is 14.5. The molecule has 4 atom stereocenters. The van der Waals surface area contributed by atoms with Crippen LogP contribution < -0.4 is 10.4 Å². The maximum Gasteiger partial charge on any atom is 0.261 e. The Morgan fingerprint density at radius 2 is 1.27 bits per heavy atom. The fourth-order valence-electron chi connectivity index (χ4n) is 6.08. The molecule has 0 saturated carbocycles. The molecule has 0 radical (unpaired) electrons. The lowest BCUT2D eigenvalue weighted by atomic mass is 9.95. The van der Waals surface area contributed by atoms with Crippen molar-refractivity contribution >= 4 is 18.7 Å².